The van der Waals surface area contributed by atoms with Gasteiger partial charge in [-0.25, -0.2) is 0 Å². The summed E-state index contributed by atoms with van der Waals surface area (Å²) in [6.45, 7) is 6.63. The molecule has 0 aromatic heterocycles. The average Bonchev–Trinajstić information content (AvgIpc) is 3.16. The zero-order valence-electron chi connectivity index (χ0n) is 21.8. The molecule has 37 heavy (non-hydrogen) atoms. The van der Waals surface area contributed by atoms with E-state index >= 15 is 0 Å². The Bertz CT molecular complexity index is 1330. The Kier molecular flexibility index (Phi) is 7.97. The van der Waals surface area contributed by atoms with Gasteiger partial charge in [-0.05, 0) is 62.2 Å². The molecule has 1 fully saturated rings. The Labute approximate surface area is 218 Å². The van der Waals surface area contributed by atoms with Crippen LogP contribution in [0, 0.1) is 13.8 Å². The first-order valence-electron chi connectivity index (χ1n) is 12.6. The normalized spacial score (nSPS) is 16.8. The summed E-state index contributed by atoms with van der Waals surface area (Å²) < 4.78 is 11.4. The number of aryl methyl sites for hydroxylation is 2. The number of ether oxygens (including phenoxy) is 2. The van der Waals surface area contributed by atoms with E-state index in [9.17, 15) is 14.7 Å². The highest BCUT2D eigenvalue weighted by Gasteiger charge is 2.48. The molecule has 1 amide bonds. The number of hydrogen-bond donors (Lipinski definition) is 1. The molecule has 0 bridgehead atoms. The second-order valence-corrected chi connectivity index (χ2v) is 9.28. The van der Waals surface area contributed by atoms with Crippen LogP contribution < -0.4 is 14.4 Å². The molecule has 6 heteroatoms. The molecule has 0 aliphatic carbocycles. The molecule has 3 aromatic carbocycles. The Hall–Kier alpha value is -4.06. The minimum atomic E-state index is -0.859. The third kappa shape index (κ3) is 5.24. The summed E-state index contributed by atoms with van der Waals surface area (Å²) in [4.78, 5) is 28.4. The molecule has 1 aliphatic rings. The number of aliphatic hydroxyl groups is 1. The van der Waals surface area contributed by atoms with Crippen molar-refractivity contribution in [2.24, 2.45) is 0 Å². The Morgan fingerprint density at radius 2 is 1.70 bits per heavy atom. The molecule has 1 heterocycles. The molecule has 1 N–H and O–H groups in total. The van der Waals surface area contributed by atoms with E-state index in [0.717, 1.165) is 30.4 Å². The summed E-state index contributed by atoms with van der Waals surface area (Å²) >= 11 is 0. The standard InChI is InChI=1S/C31H33NO5/c1-5-6-9-18-37-23-15-13-22(14-16-23)29(33)27-28(24-10-7-8-11-26(24)36-4)32(31(35)30(27)34)25-17-12-20(2)19-21(25)3/h7-8,10-17,19,28,33H,5-6,9,18H2,1-4H3/b29-27+. The highest BCUT2D eigenvalue weighted by Crippen LogP contribution is 2.45. The lowest BCUT2D eigenvalue weighted by molar-refractivity contribution is -0.132. The van der Waals surface area contributed by atoms with Gasteiger partial charge in [0.1, 0.15) is 17.3 Å². The number of anilines is 1. The summed E-state index contributed by atoms with van der Waals surface area (Å²) in [6.07, 6.45) is 3.18. The number of unbranched alkanes of at least 4 members (excludes halogenated alkanes) is 2. The number of nitrogens with zero attached hydrogens (tertiary/aromatic N) is 1. The van der Waals surface area contributed by atoms with E-state index in [1.165, 1.54) is 4.90 Å². The Morgan fingerprint density at radius 3 is 2.38 bits per heavy atom. The quantitative estimate of drug-likeness (QED) is 0.157. The van der Waals surface area contributed by atoms with Gasteiger partial charge in [-0.15, -0.1) is 0 Å². The number of carbonyl (C=O) groups excluding carboxylic acids is 2. The lowest BCUT2D eigenvalue weighted by Gasteiger charge is -2.28. The fraction of sp³-hybridized carbons (Fsp3) is 0.290. The van der Waals surface area contributed by atoms with Gasteiger partial charge in [0.25, 0.3) is 11.7 Å². The van der Waals surface area contributed by atoms with Crippen molar-refractivity contribution in [2.45, 2.75) is 46.1 Å². The van der Waals surface area contributed by atoms with Crippen LogP contribution in [0.2, 0.25) is 0 Å². The molecule has 6 nitrogen and oxygen atoms in total. The SMILES string of the molecule is CCCCCOc1ccc(/C(O)=C2\C(=O)C(=O)N(c3ccc(C)cc3C)C2c2ccccc2OC)cc1. The van der Waals surface area contributed by atoms with Gasteiger partial charge in [0.2, 0.25) is 0 Å². The maximum atomic E-state index is 13.5. The largest absolute Gasteiger partial charge is 0.507 e. The number of ketones is 1. The predicted molar refractivity (Wildman–Crippen MR) is 145 cm³/mol. The average molecular weight is 500 g/mol. The number of benzene rings is 3. The third-order valence-corrected chi connectivity index (χ3v) is 6.63. The van der Waals surface area contributed by atoms with Gasteiger partial charge in [-0.1, -0.05) is 55.7 Å². The van der Waals surface area contributed by atoms with E-state index in [-0.39, 0.29) is 11.3 Å². The monoisotopic (exact) mass is 499 g/mol. The van der Waals surface area contributed by atoms with Crippen LogP contribution in [0.25, 0.3) is 5.76 Å². The molecular weight excluding hydrogens is 466 g/mol. The van der Waals surface area contributed by atoms with Gasteiger partial charge in [-0.3, -0.25) is 14.5 Å². The first kappa shape index (κ1) is 26.0. The maximum Gasteiger partial charge on any atom is 0.300 e. The van der Waals surface area contributed by atoms with E-state index < -0.39 is 17.7 Å². The molecule has 192 valence electrons. The van der Waals surface area contributed by atoms with Crippen LogP contribution in [0.5, 0.6) is 11.5 Å². The van der Waals surface area contributed by atoms with E-state index in [0.29, 0.717) is 34.9 Å². The first-order chi connectivity index (χ1) is 17.9. The number of carbonyl (C=O) groups is 2. The summed E-state index contributed by atoms with van der Waals surface area (Å²) in [5.41, 5.74) is 3.57. The summed E-state index contributed by atoms with van der Waals surface area (Å²) in [5.74, 6) is -0.469. The van der Waals surface area contributed by atoms with Gasteiger partial charge in [0.05, 0.1) is 25.3 Å². The lowest BCUT2D eigenvalue weighted by atomic mass is 9.94. The van der Waals surface area contributed by atoms with Gasteiger partial charge in [0, 0.05) is 16.8 Å². The predicted octanol–water partition coefficient (Wildman–Crippen LogP) is 6.51. The van der Waals surface area contributed by atoms with Crippen molar-refractivity contribution in [3.8, 4) is 11.5 Å². The van der Waals surface area contributed by atoms with Crippen LogP contribution in [0.4, 0.5) is 5.69 Å². The first-order valence-corrected chi connectivity index (χ1v) is 12.6. The molecule has 4 rings (SSSR count). The zero-order chi connectivity index (χ0) is 26.5. The van der Waals surface area contributed by atoms with Crippen LogP contribution in [-0.2, 0) is 9.59 Å². The number of rotatable bonds is 9. The highest BCUT2D eigenvalue weighted by molar-refractivity contribution is 6.51. The van der Waals surface area contributed by atoms with Crippen molar-refractivity contribution < 1.29 is 24.2 Å². The van der Waals surface area contributed by atoms with E-state index in [1.807, 2.05) is 50.2 Å². The Balaban J connectivity index is 1.82. The number of aliphatic hydroxyl groups excluding tert-OH is 1. The molecule has 0 radical (unpaired) electrons. The van der Waals surface area contributed by atoms with Crippen molar-refractivity contribution in [3.63, 3.8) is 0 Å². The van der Waals surface area contributed by atoms with Crippen LogP contribution in [-0.4, -0.2) is 30.5 Å². The van der Waals surface area contributed by atoms with Crippen LogP contribution in [0.15, 0.2) is 72.3 Å². The molecule has 1 unspecified atom stereocenters. The van der Waals surface area contributed by atoms with Crippen molar-refractivity contribution in [1.29, 1.82) is 0 Å². The topological polar surface area (TPSA) is 76.1 Å². The van der Waals surface area contributed by atoms with E-state index in [2.05, 4.69) is 6.92 Å². The summed E-state index contributed by atoms with van der Waals surface area (Å²) in [7, 11) is 1.54. The van der Waals surface area contributed by atoms with Crippen molar-refractivity contribution in [3.05, 3.63) is 94.6 Å². The molecule has 3 aromatic rings. The maximum absolute atomic E-state index is 13.5. The summed E-state index contributed by atoms with van der Waals surface area (Å²) in [6, 6.07) is 19.0. The number of amides is 1. The lowest BCUT2D eigenvalue weighted by Crippen LogP contribution is -2.30. The molecule has 0 spiro atoms. The van der Waals surface area contributed by atoms with Crippen molar-refractivity contribution >= 4 is 23.1 Å². The fourth-order valence-electron chi connectivity index (χ4n) is 4.75. The van der Waals surface area contributed by atoms with Gasteiger partial charge >= 0.3 is 0 Å². The smallest absolute Gasteiger partial charge is 0.300 e. The second-order valence-electron chi connectivity index (χ2n) is 9.28. The number of para-hydroxylation sites is 1. The van der Waals surface area contributed by atoms with Crippen LogP contribution in [0.3, 0.4) is 0 Å². The fourth-order valence-corrected chi connectivity index (χ4v) is 4.75. The molecular formula is C31H33NO5. The zero-order valence-corrected chi connectivity index (χ0v) is 21.8. The minimum absolute atomic E-state index is 0.0195. The van der Waals surface area contributed by atoms with Crippen molar-refractivity contribution in [2.75, 3.05) is 18.6 Å². The van der Waals surface area contributed by atoms with Gasteiger partial charge in [0.15, 0.2) is 0 Å². The molecule has 1 atom stereocenters. The summed E-state index contributed by atoms with van der Waals surface area (Å²) in [5, 5.41) is 11.4. The van der Waals surface area contributed by atoms with E-state index in [1.54, 1.807) is 37.4 Å². The van der Waals surface area contributed by atoms with Crippen LogP contribution >= 0.6 is 0 Å². The van der Waals surface area contributed by atoms with Gasteiger partial charge in [-0.2, -0.15) is 0 Å². The minimum Gasteiger partial charge on any atom is -0.507 e. The highest BCUT2D eigenvalue weighted by atomic mass is 16.5. The van der Waals surface area contributed by atoms with Gasteiger partial charge < -0.3 is 14.6 Å². The molecule has 1 saturated heterocycles. The number of hydrogen-bond acceptors (Lipinski definition) is 5. The Morgan fingerprint density at radius 1 is 0.973 bits per heavy atom. The third-order valence-electron chi connectivity index (χ3n) is 6.63. The van der Waals surface area contributed by atoms with Crippen LogP contribution in [0.1, 0.15) is 54.5 Å². The number of Topliss-reactive ketones (excluding diaryl/α,β-unsaturated/α-hetero) is 1. The molecule has 0 saturated carbocycles. The second kappa shape index (κ2) is 11.3. The van der Waals surface area contributed by atoms with E-state index in [4.69, 9.17) is 9.47 Å². The molecule has 1 aliphatic heterocycles. The van der Waals surface area contributed by atoms with Crippen molar-refractivity contribution in [1.82, 2.24) is 0 Å². The number of methoxy groups -OCH3 is 1.